The summed E-state index contributed by atoms with van der Waals surface area (Å²) in [6.07, 6.45) is 3.43. The number of nitriles is 1. The lowest BCUT2D eigenvalue weighted by Gasteiger charge is -2.25. The Labute approximate surface area is 109 Å². The maximum absolute atomic E-state index is 9.11. The van der Waals surface area contributed by atoms with E-state index >= 15 is 0 Å². The molecule has 0 aliphatic rings. The van der Waals surface area contributed by atoms with E-state index in [-0.39, 0.29) is 12.0 Å². The lowest BCUT2D eigenvalue weighted by molar-refractivity contribution is 0.248. The summed E-state index contributed by atoms with van der Waals surface area (Å²) in [4.78, 5) is 4.21. The van der Waals surface area contributed by atoms with Crippen LogP contribution in [0.4, 0.5) is 5.82 Å². The van der Waals surface area contributed by atoms with Gasteiger partial charge in [0.05, 0.1) is 5.56 Å². The largest absolute Gasteiger partial charge is 0.396 e. The van der Waals surface area contributed by atoms with Crippen molar-refractivity contribution < 1.29 is 5.11 Å². The molecule has 0 bridgehead atoms. The molecule has 0 aliphatic heterocycles. The Kier molecular flexibility index (Phi) is 5.11. The molecule has 0 atom stereocenters. The first-order valence-electron chi connectivity index (χ1n) is 6.20. The van der Waals surface area contributed by atoms with E-state index in [1.54, 1.807) is 6.20 Å². The molecule has 1 aromatic rings. The number of aliphatic hydroxyl groups is 1. The van der Waals surface area contributed by atoms with Crippen LogP contribution in [0.15, 0.2) is 12.3 Å². The van der Waals surface area contributed by atoms with Gasteiger partial charge in [0.15, 0.2) is 0 Å². The number of aryl methyl sites for hydroxylation is 1. The molecule has 0 saturated heterocycles. The van der Waals surface area contributed by atoms with Crippen LogP contribution in [0.25, 0.3) is 0 Å². The fraction of sp³-hybridized carbons (Fsp3) is 0.571. The summed E-state index contributed by atoms with van der Waals surface area (Å²) in [7, 11) is 0. The van der Waals surface area contributed by atoms with E-state index in [0.29, 0.717) is 11.4 Å². The zero-order valence-corrected chi connectivity index (χ0v) is 11.3. The van der Waals surface area contributed by atoms with Crippen molar-refractivity contribution >= 4 is 5.82 Å². The topological polar surface area (TPSA) is 68.9 Å². The summed E-state index contributed by atoms with van der Waals surface area (Å²) >= 11 is 0. The highest BCUT2D eigenvalue weighted by Crippen LogP contribution is 2.24. The van der Waals surface area contributed by atoms with Crippen LogP contribution >= 0.6 is 0 Å². The molecule has 1 aromatic heterocycles. The van der Waals surface area contributed by atoms with Crippen LogP contribution in [0.1, 0.15) is 37.8 Å². The number of hydrogen-bond acceptors (Lipinski definition) is 4. The summed E-state index contributed by atoms with van der Waals surface area (Å²) in [6.45, 7) is 7.13. The lowest BCUT2D eigenvalue weighted by Crippen LogP contribution is -2.24. The van der Waals surface area contributed by atoms with Crippen molar-refractivity contribution in [3.8, 4) is 6.07 Å². The Balaban J connectivity index is 2.69. The Hall–Kier alpha value is -1.60. The van der Waals surface area contributed by atoms with Crippen molar-refractivity contribution in [2.75, 3.05) is 18.5 Å². The molecule has 0 radical (unpaired) electrons. The molecular formula is C14H21N3O. The van der Waals surface area contributed by atoms with E-state index in [1.165, 1.54) is 0 Å². The van der Waals surface area contributed by atoms with E-state index < -0.39 is 0 Å². The van der Waals surface area contributed by atoms with Gasteiger partial charge in [-0.25, -0.2) is 4.98 Å². The predicted molar refractivity (Wildman–Crippen MR) is 72.3 cm³/mol. The van der Waals surface area contributed by atoms with Crippen molar-refractivity contribution in [3.05, 3.63) is 23.4 Å². The van der Waals surface area contributed by atoms with E-state index in [4.69, 9.17) is 10.4 Å². The molecule has 4 heteroatoms. The number of aromatic nitrogens is 1. The van der Waals surface area contributed by atoms with Gasteiger partial charge in [-0.15, -0.1) is 0 Å². The van der Waals surface area contributed by atoms with Crippen molar-refractivity contribution in [3.63, 3.8) is 0 Å². The molecule has 0 fully saturated rings. The van der Waals surface area contributed by atoms with Gasteiger partial charge in [0.2, 0.25) is 0 Å². The Morgan fingerprint density at radius 3 is 2.83 bits per heavy atom. The number of rotatable bonds is 6. The summed E-state index contributed by atoms with van der Waals surface area (Å²) in [5.41, 5.74) is 1.61. The molecule has 2 N–H and O–H groups in total. The molecule has 98 valence electrons. The number of pyridine rings is 1. The van der Waals surface area contributed by atoms with Crippen molar-refractivity contribution in [1.29, 1.82) is 5.26 Å². The summed E-state index contributed by atoms with van der Waals surface area (Å²) in [6, 6.07) is 4.01. The summed E-state index contributed by atoms with van der Waals surface area (Å²) in [5, 5.41) is 21.2. The average molecular weight is 247 g/mol. The van der Waals surface area contributed by atoms with Crippen molar-refractivity contribution in [2.45, 2.75) is 33.6 Å². The molecule has 0 aromatic carbocycles. The van der Waals surface area contributed by atoms with Gasteiger partial charge in [-0.2, -0.15) is 5.26 Å². The van der Waals surface area contributed by atoms with Gasteiger partial charge in [0, 0.05) is 19.3 Å². The van der Waals surface area contributed by atoms with Crippen LogP contribution in [0.3, 0.4) is 0 Å². The second-order valence-corrected chi connectivity index (χ2v) is 5.31. The quantitative estimate of drug-likeness (QED) is 0.810. The fourth-order valence-corrected chi connectivity index (χ4v) is 1.80. The van der Waals surface area contributed by atoms with Crippen LogP contribution in [-0.4, -0.2) is 23.2 Å². The monoisotopic (exact) mass is 247 g/mol. The second-order valence-electron chi connectivity index (χ2n) is 5.31. The van der Waals surface area contributed by atoms with Crippen molar-refractivity contribution in [1.82, 2.24) is 4.98 Å². The van der Waals surface area contributed by atoms with E-state index in [0.717, 1.165) is 24.9 Å². The smallest absolute Gasteiger partial charge is 0.144 e. The van der Waals surface area contributed by atoms with Crippen LogP contribution in [0, 0.1) is 23.7 Å². The zero-order valence-electron chi connectivity index (χ0n) is 11.3. The highest BCUT2D eigenvalue weighted by molar-refractivity contribution is 5.55. The minimum Gasteiger partial charge on any atom is -0.396 e. The third-order valence-electron chi connectivity index (χ3n) is 3.02. The number of nitrogens with zero attached hydrogens (tertiary/aromatic N) is 2. The van der Waals surface area contributed by atoms with Gasteiger partial charge in [-0.1, -0.05) is 13.8 Å². The summed E-state index contributed by atoms with van der Waals surface area (Å²) in [5.74, 6) is 0.648. The number of anilines is 1. The standard InChI is InChI=1S/C14H21N3O/c1-11-5-7-16-13(12(11)9-15)17-10-14(2,3)6-4-8-18/h5,7,18H,4,6,8,10H2,1-3H3,(H,16,17). The SMILES string of the molecule is Cc1ccnc(NCC(C)(C)CCCO)c1C#N. The highest BCUT2D eigenvalue weighted by Gasteiger charge is 2.18. The normalized spacial score (nSPS) is 11.1. The molecule has 1 heterocycles. The van der Waals surface area contributed by atoms with Crippen LogP contribution in [0.5, 0.6) is 0 Å². The van der Waals surface area contributed by atoms with E-state index in [1.807, 2.05) is 13.0 Å². The third kappa shape index (κ3) is 4.01. The Morgan fingerprint density at radius 2 is 2.22 bits per heavy atom. The van der Waals surface area contributed by atoms with Gasteiger partial charge < -0.3 is 10.4 Å². The molecule has 0 amide bonds. The second kappa shape index (κ2) is 6.36. The fourth-order valence-electron chi connectivity index (χ4n) is 1.80. The van der Waals surface area contributed by atoms with Gasteiger partial charge in [-0.3, -0.25) is 0 Å². The van der Waals surface area contributed by atoms with Crippen LogP contribution in [0.2, 0.25) is 0 Å². The Bertz CT molecular complexity index is 435. The summed E-state index contributed by atoms with van der Waals surface area (Å²) < 4.78 is 0. The van der Waals surface area contributed by atoms with Crippen molar-refractivity contribution in [2.24, 2.45) is 5.41 Å². The molecule has 0 aliphatic carbocycles. The molecule has 0 unspecified atom stereocenters. The number of aliphatic hydroxyl groups excluding tert-OH is 1. The molecule has 0 saturated carbocycles. The van der Waals surface area contributed by atoms with Crippen LogP contribution in [-0.2, 0) is 0 Å². The lowest BCUT2D eigenvalue weighted by atomic mass is 9.88. The highest BCUT2D eigenvalue weighted by atomic mass is 16.2. The maximum Gasteiger partial charge on any atom is 0.144 e. The third-order valence-corrected chi connectivity index (χ3v) is 3.02. The molecule has 18 heavy (non-hydrogen) atoms. The van der Waals surface area contributed by atoms with E-state index in [9.17, 15) is 0 Å². The maximum atomic E-state index is 9.11. The first-order chi connectivity index (χ1) is 8.50. The minimum absolute atomic E-state index is 0.0703. The molecule has 0 spiro atoms. The van der Waals surface area contributed by atoms with E-state index in [2.05, 4.69) is 30.2 Å². The number of nitrogens with one attached hydrogen (secondary N) is 1. The minimum atomic E-state index is 0.0703. The van der Waals surface area contributed by atoms with Gasteiger partial charge in [0.1, 0.15) is 11.9 Å². The first kappa shape index (κ1) is 14.5. The molecule has 4 nitrogen and oxygen atoms in total. The first-order valence-corrected chi connectivity index (χ1v) is 6.20. The molecule has 1 rings (SSSR count). The van der Waals surface area contributed by atoms with Gasteiger partial charge in [-0.05, 0) is 36.8 Å². The zero-order chi connectivity index (χ0) is 13.6. The average Bonchev–Trinajstić information content (AvgIpc) is 2.34. The predicted octanol–water partition coefficient (Wildman–Crippen LogP) is 2.47. The Morgan fingerprint density at radius 1 is 1.50 bits per heavy atom. The van der Waals surface area contributed by atoms with Crippen LogP contribution < -0.4 is 5.32 Å². The molecular weight excluding hydrogens is 226 g/mol. The van der Waals surface area contributed by atoms with Gasteiger partial charge >= 0.3 is 0 Å². The van der Waals surface area contributed by atoms with Gasteiger partial charge in [0.25, 0.3) is 0 Å². The number of hydrogen-bond donors (Lipinski definition) is 2.